The largest absolute Gasteiger partial charge is 0.462 e. The lowest BCUT2D eigenvalue weighted by Gasteiger charge is -2.13. The normalized spacial score (nSPS) is 18.1. The van der Waals surface area contributed by atoms with Gasteiger partial charge in [-0.2, -0.15) is 5.26 Å². The third-order valence-corrected chi connectivity index (χ3v) is 4.74. The number of nitrogens with zero attached hydrogens (tertiary/aromatic N) is 2. The zero-order chi connectivity index (χ0) is 14.9. The average Bonchev–Trinajstić information content (AvgIpc) is 2.62. The molecule has 0 aliphatic carbocycles. The molecule has 0 saturated heterocycles. The van der Waals surface area contributed by atoms with Crippen LogP contribution in [0.2, 0.25) is 0 Å². The molecule has 0 spiro atoms. The highest BCUT2D eigenvalue weighted by molar-refractivity contribution is 7.90. The summed E-state index contributed by atoms with van der Waals surface area (Å²) in [4.78, 5) is 11.9. The highest BCUT2D eigenvalue weighted by Gasteiger charge is 2.38. The molecule has 0 radical (unpaired) electrons. The van der Waals surface area contributed by atoms with Crippen molar-refractivity contribution in [2.75, 3.05) is 13.7 Å². The van der Waals surface area contributed by atoms with Gasteiger partial charge in [-0.15, -0.1) is 0 Å². The van der Waals surface area contributed by atoms with Gasteiger partial charge in [-0.1, -0.05) is 18.2 Å². The van der Waals surface area contributed by atoms with Crippen LogP contribution in [0.1, 0.15) is 12.5 Å². The van der Waals surface area contributed by atoms with E-state index in [0.29, 0.717) is 5.56 Å². The quantitative estimate of drug-likeness (QED) is 0.463. The SMILES string of the molecule is CCOC(=O)/C(C#N)=C1/c2ccccc2S(=O)(=O)N1C. The first kappa shape index (κ1) is 14.1. The van der Waals surface area contributed by atoms with Crippen LogP contribution in [0.15, 0.2) is 34.7 Å². The molecule has 104 valence electrons. The van der Waals surface area contributed by atoms with E-state index in [-0.39, 0.29) is 22.8 Å². The lowest BCUT2D eigenvalue weighted by atomic mass is 10.1. The van der Waals surface area contributed by atoms with E-state index in [0.717, 1.165) is 4.31 Å². The summed E-state index contributed by atoms with van der Waals surface area (Å²) < 4.78 is 30.2. The van der Waals surface area contributed by atoms with Crippen LogP contribution in [0.25, 0.3) is 5.70 Å². The summed E-state index contributed by atoms with van der Waals surface area (Å²) in [5.41, 5.74) is 0.0732. The summed E-state index contributed by atoms with van der Waals surface area (Å²) >= 11 is 0. The first-order valence-electron chi connectivity index (χ1n) is 5.85. The minimum absolute atomic E-state index is 0.0570. The maximum absolute atomic E-state index is 12.2. The van der Waals surface area contributed by atoms with Crippen LogP contribution in [0.4, 0.5) is 0 Å². The molecule has 0 amide bonds. The van der Waals surface area contributed by atoms with Gasteiger partial charge in [0.05, 0.1) is 17.2 Å². The van der Waals surface area contributed by atoms with Crippen LogP contribution in [-0.2, 0) is 19.6 Å². The Morgan fingerprint density at radius 1 is 1.40 bits per heavy atom. The number of ether oxygens (including phenoxy) is 1. The van der Waals surface area contributed by atoms with E-state index in [4.69, 9.17) is 10.00 Å². The van der Waals surface area contributed by atoms with Crippen molar-refractivity contribution in [3.05, 3.63) is 35.4 Å². The molecule has 0 aromatic heterocycles. The summed E-state index contributed by atoms with van der Waals surface area (Å²) in [6.45, 7) is 1.72. The second-order valence-electron chi connectivity index (χ2n) is 4.02. The zero-order valence-corrected chi connectivity index (χ0v) is 11.8. The van der Waals surface area contributed by atoms with E-state index < -0.39 is 16.0 Å². The molecule has 0 saturated carbocycles. The van der Waals surface area contributed by atoms with Crippen molar-refractivity contribution in [2.45, 2.75) is 11.8 Å². The topological polar surface area (TPSA) is 87.5 Å². The van der Waals surface area contributed by atoms with Gasteiger partial charge >= 0.3 is 5.97 Å². The fourth-order valence-corrected chi connectivity index (χ4v) is 3.43. The Morgan fingerprint density at radius 3 is 2.65 bits per heavy atom. The molecule has 2 rings (SSSR count). The summed E-state index contributed by atoms with van der Waals surface area (Å²) in [6, 6.07) is 7.97. The first-order chi connectivity index (χ1) is 9.45. The highest BCUT2D eigenvalue weighted by Crippen LogP contribution is 2.39. The van der Waals surface area contributed by atoms with Gasteiger partial charge in [-0.05, 0) is 13.0 Å². The molecule has 0 bridgehead atoms. The number of fused-ring (bicyclic) bond motifs is 1. The number of hydrogen-bond acceptors (Lipinski definition) is 5. The van der Waals surface area contributed by atoms with Crippen LogP contribution in [-0.4, -0.2) is 32.3 Å². The van der Waals surface area contributed by atoms with Gasteiger partial charge in [-0.3, -0.25) is 4.31 Å². The molecular formula is C13H12N2O4S. The third-order valence-electron chi connectivity index (χ3n) is 2.92. The van der Waals surface area contributed by atoms with Crippen molar-refractivity contribution in [2.24, 2.45) is 0 Å². The highest BCUT2D eigenvalue weighted by atomic mass is 32.2. The first-order valence-corrected chi connectivity index (χ1v) is 7.29. The Labute approximate surface area is 116 Å². The molecule has 0 N–H and O–H groups in total. The molecule has 6 nitrogen and oxygen atoms in total. The number of nitriles is 1. The summed E-state index contributed by atoms with van der Waals surface area (Å²) in [5.74, 6) is -0.830. The van der Waals surface area contributed by atoms with Crippen molar-refractivity contribution >= 4 is 21.7 Å². The summed E-state index contributed by atoms with van der Waals surface area (Å²) in [5, 5.41) is 9.17. The molecule has 0 atom stereocenters. The molecule has 7 heteroatoms. The van der Waals surface area contributed by atoms with E-state index in [2.05, 4.69) is 0 Å². The Bertz CT molecular complexity index is 744. The molecule has 1 aromatic carbocycles. The van der Waals surface area contributed by atoms with Crippen LogP contribution >= 0.6 is 0 Å². The maximum atomic E-state index is 12.2. The molecule has 0 unspecified atom stereocenters. The number of rotatable bonds is 2. The van der Waals surface area contributed by atoms with Crippen LogP contribution < -0.4 is 0 Å². The Kier molecular flexibility index (Phi) is 3.51. The summed E-state index contributed by atoms with van der Waals surface area (Å²) in [7, 11) is -2.41. The number of carbonyl (C=O) groups excluding carboxylic acids is 1. The van der Waals surface area contributed by atoms with E-state index in [9.17, 15) is 13.2 Å². The number of carbonyl (C=O) groups is 1. The van der Waals surface area contributed by atoms with Crippen LogP contribution in [0.5, 0.6) is 0 Å². The molecule has 1 aliphatic rings. The second kappa shape index (κ2) is 4.98. The Hall–Kier alpha value is -2.33. The maximum Gasteiger partial charge on any atom is 0.351 e. The van der Waals surface area contributed by atoms with E-state index in [1.54, 1.807) is 31.2 Å². The number of benzene rings is 1. The molecule has 1 aliphatic heterocycles. The lowest BCUT2D eigenvalue weighted by molar-refractivity contribution is -0.137. The number of esters is 1. The van der Waals surface area contributed by atoms with Gasteiger partial charge in [0.25, 0.3) is 10.0 Å². The summed E-state index contributed by atoms with van der Waals surface area (Å²) in [6.07, 6.45) is 0. The fourth-order valence-electron chi connectivity index (χ4n) is 2.02. The van der Waals surface area contributed by atoms with E-state index in [1.807, 2.05) is 0 Å². The Morgan fingerprint density at radius 2 is 2.05 bits per heavy atom. The number of sulfonamides is 1. The van der Waals surface area contributed by atoms with Crippen molar-refractivity contribution in [1.29, 1.82) is 5.26 Å². The van der Waals surface area contributed by atoms with Crippen LogP contribution in [0.3, 0.4) is 0 Å². The molecule has 20 heavy (non-hydrogen) atoms. The third kappa shape index (κ3) is 1.94. The standard InChI is InChI=1S/C13H12N2O4S/c1-3-19-13(16)10(8-14)12-9-6-4-5-7-11(9)20(17,18)15(12)2/h4-7H,3H2,1-2H3/b12-10-. The lowest BCUT2D eigenvalue weighted by Crippen LogP contribution is -2.21. The van der Waals surface area contributed by atoms with Crippen molar-refractivity contribution in [3.63, 3.8) is 0 Å². The van der Waals surface area contributed by atoms with Crippen LogP contribution in [0, 0.1) is 11.3 Å². The smallest absolute Gasteiger partial charge is 0.351 e. The molecule has 1 aromatic rings. The predicted octanol–water partition coefficient (Wildman–Crippen LogP) is 1.12. The second-order valence-corrected chi connectivity index (χ2v) is 5.96. The van der Waals surface area contributed by atoms with E-state index >= 15 is 0 Å². The van der Waals surface area contributed by atoms with Crippen molar-refractivity contribution in [3.8, 4) is 6.07 Å². The minimum atomic E-state index is -3.72. The monoisotopic (exact) mass is 292 g/mol. The van der Waals surface area contributed by atoms with Gasteiger partial charge in [0.15, 0.2) is 5.57 Å². The van der Waals surface area contributed by atoms with Gasteiger partial charge in [-0.25, -0.2) is 13.2 Å². The minimum Gasteiger partial charge on any atom is -0.462 e. The average molecular weight is 292 g/mol. The van der Waals surface area contributed by atoms with Crippen molar-refractivity contribution in [1.82, 2.24) is 4.31 Å². The molecule has 1 heterocycles. The molecular weight excluding hydrogens is 280 g/mol. The predicted molar refractivity (Wildman–Crippen MR) is 70.6 cm³/mol. The Balaban J connectivity index is 2.76. The number of hydrogen-bond donors (Lipinski definition) is 0. The fraction of sp³-hybridized carbons (Fsp3) is 0.231. The molecule has 0 fully saturated rings. The van der Waals surface area contributed by atoms with Gasteiger partial charge in [0, 0.05) is 12.6 Å². The van der Waals surface area contributed by atoms with E-state index in [1.165, 1.54) is 13.1 Å². The van der Waals surface area contributed by atoms with Gasteiger partial charge in [0.1, 0.15) is 6.07 Å². The van der Waals surface area contributed by atoms with Crippen molar-refractivity contribution < 1.29 is 17.9 Å². The van der Waals surface area contributed by atoms with Gasteiger partial charge < -0.3 is 4.74 Å². The van der Waals surface area contributed by atoms with Gasteiger partial charge in [0.2, 0.25) is 0 Å². The zero-order valence-electron chi connectivity index (χ0n) is 11.0.